The molecular weight excluding hydrogens is 294 g/mol. The van der Waals surface area contributed by atoms with Gasteiger partial charge in [0.2, 0.25) is 0 Å². The normalized spacial score (nSPS) is 12.9. The van der Waals surface area contributed by atoms with Crippen LogP contribution in [0.2, 0.25) is 0 Å². The van der Waals surface area contributed by atoms with Crippen LogP contribution in [-0.4, -0.2) is 24.2 Å². The molecule has 1 unspecified atom stereocenters. The summed E-state index contributed by atoms with van der Waals surface area (Å²) >= 11 is 1.78. The molecule has 2 aromatic rings. The number of aromatic hydroxyl groups is 1. The fourth-order valence-corrected chi connectivity index (χ4v) is 2.82. The highest BCUT2D eigenvalue weighted by Gasteiger charge is 2.07. The van der Waals surface area contributed by atoms with E-state index < -0.39 is 0 Å². The minimum absolute atomic E-state index is 0.280. The average molecular weight is 317 g/mol. The number of guanidine groups is 1. The lowest BCUT2D eigenvalue weighted by Gasteiger charge is -2.15. The van der Waals surface area contributed by atoms with Gasteiger partial charge in [0.25, 0.3) is 0 Å². The number of benzene rings is 1. The minimum Gasteiger partial charge on any atom is -0.508 e. The molecule has 4 nitrogen and oxygen atoms in total. The van der Waals surface area contributed by atoms with Crippen molar-refractivity contribution in [1.82, 2.24) is 10.6 Å². The number of nitrogens with one attached hydrogen (secondary N) is 2. The molecule has 2 rings (SSSR count). The quantitative estimate of drug-likeness (QED) is 0.566. The van der Waals surface area contributed by atoms with Crippen LogP contribution >= 0.6 is 11.3 Å². The van der Waals surface area contributed by atoms with E-state index in [-0.39, 0.29) is 5.75 Å². The molecule has 3 N–H and O–H groups in total. The first kappa shape index (κ1) is 16.4. The second-order valence-electron chi connectivity index (χ2n) is 5.16. The van der Waals surface area contributed by atoms with Gasteiger partial charge in [-0.25, -0.2) is 4.99 Å². The van der Waals surface area contributed by atoms with E-state index in [1.165, 1.54) is 4.88 Å². The highest BCUT2D eigenvalue weighted by atomic mass is 32.1. The van der Waals surface area contributed by atoms with Gasteiger partial charge in [0.05, 0.1) is 6.54 Å². The molecule has 0 radical (unpaired) electrons. The van der Waals surface area contributed by atoms with E-state index >= 15 is 0 Å². The summed E-state index contributed by atoms with van der Waals surface area (Å²) in [6, 6.07) is 11.4. The van der Waals surface area contributed by atoms with E-state index in [9.17, 15) is 5.11 Å². The van der Waals surface area contributed by atoms with E-state index in [0.717, 1.165) is 24.6 Å². The summed E-state index contributed by atoms with van der Waals surface area (Å²) in [6.07, 6.45) is 0. The zero-order valence-corrected chi connectivity index (χ0v) is 13.9. The number of hydrogen-bond acceptors (Lipinski definition) is 3. The molecule has 1 atom stereocenters. The van der Waals surface area contributed by atoms with Crippen molar-refractivity contribution in [2.75, 3.05) is 13.1 Å². The predicted molar refractivity (Wildman–Crippen MR) is 93.7 cm³/mol. The van der Waals surface area contributed by atoms with Crippen LogP contribution in [0.4, 0.5) is 0 Å². The molecule has 0 saturated carbocycles. The van der Waals surface area contributed by atoms with Crippen molar-refractivity contribution < 1.29 is 5.11 Å². The van der Waals surface area contributed by atoms with Crippen molar-refractivity contribution in [3.63, 3.8) is 0 Å². The summed E-state index contributed by atoms with van der Waals surface area (Å²) in [6.45, 7) is 6.53. The van der Waals surface area contributed by atoms with E-state index in [4.69, 9.17) is 0 Å². The third-order valence-corrected chi connectivity index (χ3v) is 4.41. The Kier molecular flexibility index (Phi) is 6.27. The summed E-state index contributed by atoms with van der Waals surface area (Å²) in [5, 5.41) is 18.0. The summed E-state index contributed by atoms with van der Waals surface area (Å²) in [5.74, 6) is 1.55. The monoisotopic (exact) mass is 317 g/mol. The van der Waals surface area contributed by atoms with Crippen molar-refractivity contribution in [1.29, 1.82) is 0 Å². The third-order valence-electron chi connectivity index (χ3n) is 3.30. The molecule has 1 heterocycles. The predicted octanol–water partition coefficient (Wildman–Crippen LogP) is 3.31. The summed E-state index contributed by atoms with van der Waals surface area (Å²) in [7, 11) is 0. The topological polar surface area (TPSA) is 56.7 Å². The van der Waals surface area contributed by atoms with Gasteiger partial charge in [-0.1, -0.05) is 25.1 Å². The maximum absolute atomic E-state index is 9.29. The van der Waals surface area contributed by atoms with Crippen LogP contribution in [0.25, 0.3) is 0 Å². The van der Waals surface area contributed by atoms with Crippen molar-refractivity contribution in [3.8, 4) is 5.75 Å². The molecule has 0 fully saturated rings. The first-order chi connectivity index (χ1) is 10.7. The largest absolute Gasteiger partial charge is 0.508 e. The summed E-state index contributed by atoms with van der Waals surface area (Å²) in [4.78, 5) is 5.96. The number of aliphatic imine (C=N–C) groups is 1. The van der Waals surface area contributed by atoms with Gasteiger partial charge in [0.1, 0.15) is 5.75 Å². The Bertz CT molecular complexity index is 578. The molecule has 0 bridgehead atoms. The van der Waals surface area contributed by atoms with E-state index in [1.807, 2.05) is 12.1 Å². The molecule has 0 aliphatic heterocycles. The van der Waals surface area contributed by atoms with Crippen LogP contribution in [-0.2, 0) is 6.54 Å². The van der Waals surface area contributed by atoms with Crippen LogP contribution in [0.1, 0.15) is 30.2 Å². The van der Waals surface area contributed by atoms with Gasteiger partial charge >= 0.3 is 0 Å². The molecule has 0 saturated heterocycles. The molecule has 0 aliphatic rings. The number of phenolic OH excluding ortho intramolecular Hbond substituents is 1. The van der Waals surface area contributed by atoms with Crippen LogP contribution in [0.5, 0.6) is 5.75 Å². The van der Waals surface area contributed by atoms with Gasteiger partial charge in [0.15, 0.2) is 5.96 Å². The highest BCUT2D eigenvalue weighted by Crippen LogP contribution is 2.19. The van der Waals surface area contributed by atoms with Gasteiger partial charge in [-0.05, 0) is 36.1 Å². The van der Waals surface area contributed by atoms with E-state index in [2.05, 4.69) is 47.0 Å². The average Bonchev–Trinajstić information content (AvgIpc) is 3.06. The van der Waals surface area contributed by atoms with Crippen molar-refractivity contribution >= 4 is 17.3 Å². The lowest BCUT2D eigenvalue weighted by molar-refractivity contribution is 0.475. The number of thiophene rings is 1. The van der Waals surface area contributed by atoms with E-state index in [1.54, 1.807) is 23.5 Å². The van der Waals surface area contributed by atoms with Gasteiger partial charge in [0, 0.05) is 23.9 Å². The Labute approximate surface area is 135 Å². The molecule has 22 heavy (non-hydrogen) atoms. The van der Waals surface area contributed by atoms with Crippen LogP contribution in [0.15, 0.2) is 46.8 Å². The van der Waals surface area contributed by atoms with Crippen LogP contribution in [0, 0.1) is 0 Å². The minimum atomic E-state index is 0.280. The maximum atomic E-state index is 9.29. The lowest BCUT2D eigenvalue weighted by Crippen LogP contribution is -2.39. The highest BCUT2D eigenvalue weighted by molar-refractivity contribution is 7.10. The molecule has 5 heteroatoms. The second-order valence-corrected chi connectivity index (χ2v) is 6.14. The second kappa shape index (κ2) is 8.44. The Morgan fingerprint density at radius 1 is 1.23 bits per heavy atom. The third kappa shape index (κ3) is 5.07. The van der Waals surface area contributed by atoms with Crippen molar-refractivity contribution in [3.05, 3.63) is 52.2 Å². The Balaban J connectivity index is 1.90. The van der Waals surface area contributed by atoms with Crippen LogP contribution < -0.4 is 10.6 Å². The number of rotatable bonds is 6. The Morgan fingerprint density at radius 2 is 2.00 bits per heavy atom. The lowest BCUT2D eigenvalue weighted by atomic mass is 10.1. The smallest absolute Gasteiger partial charge is 0.191 e. The number of nitrogens with zero attached hydrogens (tertiary/aromatic N) is 1. The molecule has 0 aliphatic carbocycles. The Morgan fingerprint density at radius 3 is 2.64 bits per heavy atom. The molecule has 0 spiro atoms. The zero-order valence-electron chi connectivity index (χ0n) is 13.0. The number of hydrogen-bond donors (Lipinski definition) is 3. The molecule has 1 aromatic heterocycles. The first-order valence-electron chi connectivity index (χ1n) is 7.52. The van der Waals surface area contributed by atoms with Crippen LogP contribution in [0.3, 0.4) is 0 Å². The van der Waals surface area contributed by atoms with Crippen molar-refractivity contribution in [2.24, 2.45) is 4.99 Å². The van der Waals surface area contributed by atoms with Gasteiger partial charge in [-0.15, -0.1) is 11.3 Å². The fraction of sp³-hybridized carbons (Fsp3) is 0.353. The van der Waals surface area contributed by atoms with Gasteiger partial charge in [-0.2, -0.15) is 0 Å². The molecule has 1 aromatic carbocycles. The molecular formula is C17H23N3OS. The number of phenols is 1. The maximum Gasteiger partial charge on any atom is 0.191 e. The fourth-order valence-electron chi connectivity index (χ4n) is 2.04. The van der Waals surface area contributed by atoms with E-state index in [0.29, 0.717) is 12.5 Å². The molecule has 0 amide bonds. The first-order valence-corrected chi connectivity index (χ1v) is 8.40. The van der Waals surface area contributed by atoms with Crippen molar-refractivity contribution in [2.45, 2.75) is 26.3 Å². The Hall–Kier alpha value is -2.01. The SMILES string of the molecule is CCNC(=NCc1ccc(O)cc1)NCC(C)c1cccs1. The summed E-state index contributed by atoms with van der Waals surface area (Å²) in [5.41, 5.74) is 1.07. The zero-order chi connectivity index (χ0) is 15.8. The van der Waals surface area contributed by atoms with Gasteiger partial charge < -0.3 is 15.7 Å². The van der Waals surface area contributed by atoms with Gasteiger partial charge in [-0.3, -0.25) is 0 Å². The standard InChI is InChI=1S/C17H23N3OS/c1-3-18-17(19-11-13(2)16-5-4-10-22-16)20-12-14-6-8-15(21)9-7-14/h4-10,13,21H,3,11-12H2,1-2H3,(H2,18,19,20). The molecule has 118 valence electrons. The summed E-state index contributed by atoms with van der Waals surface area (Å²) < 4.78 is 0.